The Morgan fingerprint density at radius 1 is 1.35 bits per heavy atom. The molecular formula is C17H28N2O. The number of rotatable bonds is 6. The fourth-order valence-electron chi connectivity index (χ4n) is 2.98. The van der Waals surface area contributed by atoms with Crippen LogP contribution in [0, 0.1) is 0 Å². The SMILES string of the molecule is CCOC(C)CN1CCCNC(Cc2ccccc2)C1. The highest BCUT2D eigenvalue weighted by Crippen LogP contribution is 2.09. The molecule has 0 radical (unpaired) electrons. The fourth-order valence-corrected chi connectivity index (χ4v) is 2.98. The normalized spacial score (nSPS) is 22.4. The lowest BCUT2D eigenvalue weighted by Gasteiger charge is -2.27. The molecule has 3 heteroatoms. The van der Waals surface area contributed by atoms with E-state index in [4.69, 9.17) is 4.74 Å². The second kappa shape index (κ2) is 8.40. The van der Waals surface area contributed by atoms with Crippen molar-refractivity contribution < 1.29 is 4.74 Å². The summed E-state index contributed by atoms with van der Waals surface area (Å²) in [6, 6.07) is 11.3. The first-order valence-electron chi connectivity index (χ1n) is 7.89. The van der Waals surface area contributed by atoms with Crippen molar-refractivity contribution in [2.75, 3.05) is 32.8 Å². The maximum atomic E-state index is 5.68. The van der Waals surface area contributed by atoms with Crippen LogP contribution in [0.2, 0.25) is 0 Å². The van der Waals surface area contributed by atoms with E-state index in [-0.39, 0.29) is 0 Å². The van der Waals surface area contributed by atoms with Crippen LogP contribution in [-0.4, -0.2) is 49.8 Å². The Morgan fingerprint density at radius 2 is 2.15 bits per heavy atom. The second-order valence-electron chi connectivity index (χ2n) is 5.72. The van der Waals surface area contributed by atoms with Crippen LogP contribution in [-0.2, 0) is 11.2 Å². The van der Waals surface area contributed by atoms with Gasteiger partial charge in [-0.1, -0.05) is 30.3 Å². The quantitative estimate of drug-likeness (QED) is 0.863. The lowest BCUT2D eigenvalue weighted by Crippen LogP contribution is -2.41. The maximum absolute atomic E-state index is 5.68. The van der Waals surface area contributed by atoms with E-state index in [1.807, 2.05) is 0 Å². The highest BCUT2D eigenvalue weighted by atomic mass is 16.5. The second-order valence-corrected chi connectivity index (χ2v) is 5.72. The van der Waals surface area contributed by atoms with Gasteiger partial charge in [0.05, 0.1) is 6.10 Å². The third-order valence-corrected chi connectivity index (χ3v) is 3.85. The minimum Gasteiger partial charge on any atom is -0.377 e. The number of nitrogens with zero attached hydrogens (tertiary/aromatic N) is 1. The summed E-state index contributed by atoms with van der Waals surface area (Å²) in [5, 5.41) is 3.68. The molecule has 0 aliphatic carbocycles. The van der Waals surface area contributed by atoms with Crippen molar-refractivity contribution in [2.45, 2.75) is 38.8 Å². The van der Waals surface area contributed by atoms with Crippen LogP contribution >= 0.6 is 0 Å². The highest BCUT2D eigenvalue weighted by Gasteiger charge is 2.19. The van der Waals surface area contributed by atoms with Crippen molar-refractivity contribution in [3.63, 3.8) is 0 Å². The van der Waals surface area contributed by atoms with E-state index in [0.29, 0.717) is 12.1 Å². The van der Waals surface area contributed by atoms with Gasteiger partial charge in [0.25, 0.3) is 0 Å². The predicted octanol–water partition coefficient (Wildman–Crippen LogP) is 2.32. The third kappa shape index (κ3) is 5.23. The predicted molar refractivity (Wildman–Crippen MR) is 84.1 cm³/mol. The average molecular weight is 276 g/mol. The summed E-state index contributed by atoms with van der Waals surface area (Å²) in [7, 11) is 0. The maximum Gasteiger partial charge on any atom is 0.0673 e. The number of nitrogens with one attached hydrogen (secondary N) is 1. The van der Waals surface area contributed by atoms with Gasteiger partial charge in [0.15, 0.2) is 0 Å². The molecule has 1 aliphatic rings. The van der Waals surface area contributed by atoms with E-state index in [9.17, 15) is 0 Å². The van der Waals surface area contributed by atoms with Gasteiger partial charge in [-0.2, -0.15) is 0 Å². The summed E-state index contributed by atoms with van der Waals surface area (Å²) in [4.78, 5) is 2.55. The van der Waals surface area contributed by atoms with Crippen LogP contribution in [0.15, 0.2) is 30.3 Å². The molecule has 1 fully saturated rings. The average Bonchev–Trinajstić information content (AvgIpc) is 2.65. The number of benzene rings is 1. The number of hydrogen-bond acceptors (Lipinski definition) is 3. The molecule has 1 aromatic rings. The van der Waals surface area contributed by atoms with Gasteiger partial charge in [0.1, 0.15) is 0 Å². The van der Waals surface area contributed by atoms with Crippen LogP contribution in [0.25, 0.3) is 0 Å². The number of hydrogen-bond donors (Lipinski definition) is 1. The molecule has 1 saturated heterocycles. The van der Waals surface area contributed by atoms with Crippen LogP contribution in [0.5, 0.6) is 0 Å². The van der Waals surface area contributed by atoms with E-state index >= 15 is 0 Å². The monoisotopic (exact) mass is 276 g/mol. The van der Waals surface area contributed by atoms with Crippen molar-refractivity contribution in [3.8, 4) is 0 Å². The van der Waals surface area contributed by atoms with Crippen LogP contribution in [0.4, 0.5) is 0 Å². The molecule has 112 valence electrons. The summed E-state index contributed by atoms with van der Waals surface area (Å²) in [5.74, 6) is 0. The van der Waals surface area contributed by atoms with E-state index in [1.54, 1.807) is 0 Å². The smallest absolute Gasteiger partial charge is 0.0673 e. The van der Waals surface area contributed by atoms with Crippen molar-refractivity contribution in [1.29, 1.82) is 0 Å². The molecule has 2 atom stereocenters. The minimum absolute atomic E-state index is 0.329. The third-order valence-electron chi connectivity index (χ3n) is 3.85. The van der Waals surface area contributed by atoms with Gasteiger partial charge < -0.3 is 10.1 Å². The molecule has 1 aliphatic heterocycles. The molecule has 2 unspecified atom stereocenters. The summed E-state index contributed by atoms with van der Waals surface area (Å²) < 4.78 is 5.68. The van der Waals surface area contributed by atoms with Gasteiger partial charge >= 0.3 is 0 Å². The van der Waals surface area contributed by atoms with Crippen LogP contribution in [0.1, 0.15) is 25.8 Å². The molecule has 0 saturated carbocycles. The van der Waals surface area contributed by atoms with Gasteiger partial charge in [-0.15, -0.1) is 0 Å². The summed E-state index contributed by atoms with van der Waals surface area (Å²) >= 11 is 0. The van der Waals surface area contributed by atoms with E-state index < -0.39 is 0 Å². The Balaban J connectivity index is 1.86. The standard InChI is InChI=1S/C17H28N2O/c1-3-20-15(2)13-19-11-7-10-18-17(14-19)12-16-8-5-4-6-9-16/h4-6,8-9,15,17-18H,3,7,10-14H2,1-2H3. The molecule has 1 N–H and O–H groups in total. The van der Waals surface area contributed by atoms with Gasteiger partial charge in [0.2, 0.25) is 0 Å². The van der Waals surface area contributed by atoms with E-state index in [1.165, 1.54) is 18.5 Å². The van der Waals surface area contributed by atoms with Crippen molar-refractivity contribution in [1.82, 2.24) is 10.2 Å². The molecular weight excluding hydrogens is 248 g/mol. The highest BCUT2D eigenvalue weighted by molar-refractivity contribution is 5.16. The first kappa shape index (κ1) is 15.5. The Labute approximate surface area is 123 Å². The summed E-state index contributed by atoms with van der Waals surface area (Å²) in [6.07, 6.45) is 2.67. The molecule has 0 bridgehead atoms. The molecule has 1 heterocycles. The molecule has 0 aromatic heterocycles. The van der Waals surface area contributed by atoms with Crippen molar-refractivity contribution in [3.05, 3.63) is 35.9 Å². The molecule has 20 heavy (non-hydrogen) atoms. The first-order chi connectivity index (χ1) is 9.78. The van der Waals surface area contributed by atoms with Gasteiger partial charge in [0, 0.05) is 25.7 Å². The molecule has 0 spiro atoms. The Morgan fingerprint density at radius 3 is 2.90 bits per heavy atom. The summed E-state index contributed by atoms with van der Waals surface area (Å²) in [5.41, 5.74) is 1.42. The Bertz CT molecular complexity index is 369. The molecule has 2 rings (SSSR count). The van der Waals surface area contributed by atoms with Gasteiger partial charge in [-0.25, -0.2) is 0 Å². The number of ether oxygens (including phenoxy) is 1. The van der Waals surface area contributed by atoms with Crippen molar-refractivity contribution >= 4 is 0 Å². The van der Waals surface area contributed by atoms with Crippen LogP contribution < -0.4 is 5.32 Å². The Hall–Kier alpha value is -0.900. The fraction of sp³-hybridized carbons (Fsp3) is 0.647. The molecule has 0 amide bonds. The topological polar surface area (TPSA) is 24.5 Å². The zero-order valence-electron chi connectivity index (χ0n) is 12.8. The van der Waals surface area contributed by atoms with Crippen molar-refractivity contribution in [2.24, 2.45) is 0 Å². The van der Waals surface area contributed by atoms with Gasteiger partial charge in [-0.3, -0.25) is 4.90 Å². The first-order valence-corrected chi connectivity index (χ1v) is 7.89. The summed E-state index contributed by atoms with van der Waals surface area (Å²) in [6.45, 7) is 9.51. The Kier molecular flexibility index (Phi) is 6.51. The van der Waals surface area contributed by atoms with Gasteiger partial charge in [-0.05, 0) is 45.3 Å². The van der Waals surface area contributed by atoms with E-state index in [2.05, 4.69) is 54.4 Å². The minimum atomic E-state index is 0.329. The lowest BCUT2D eigenvalue weighted by atomic mass is 10.1. The van der Waals surface area contributed by atoms with Crippen LogP contribution in [0.3, 0.4) is 0 Å². The zero-order chi connectivity index (χ0) is 14.2. The molecule has 3 nitrogen and oxygen atoms in total. The lowest BCUT2D eigenvalue weighted by molar-refractivity contribution is 0.0453. The molecule has 1 aromatic carbocycles. The van der Waals surface area contributed by atoms with E-state index in [0.717, 1.165) is 32.7 Å². The largest absolute Gasteiger partial charge is 0.377 e. The zero-order valence-corrected chi connectivity index (χ0v) is 12.8.